The number of aliphatic imine (C=N–C) groups is 1. The predicted octanol–water partition coefficient (Wildman–Crippen LogP) is 3.96. The van der Waals surface area contributed by atoms with E-state index in [9.17, 15) is 9.59 Å². The summed E-state index contributed by atoms with van der Waals surface area (Å²) in [5, 5.41) is 0. The highest BCUT2D eigenvalue weighted by molar-refractivity contribution is 5.94. The summed E-state index contributed by atoms with van der Waals surface area (Å²) >= 11 is 0. The summed E-state index contributed by atoms with van der Waals surface area (Å²) < 4.78 is 5.43. The maximum Gasteiger partial charge on any atom is 0.320 e. The molecule has 1 atom stereocenters. The van der Waals surface area contributed by atoms with E-state index in [0.29, 0.717) is 13.1 Å². The van der Waals surface area contributed by atoms with Gasteiger partial charge in [-0.3, -0.25) is 14.8 Å². The van der Waals surface area contributed by atoms with Gasteiger partial charge in [-0.15, -0.1) is 0 Å². The third-order valence-electron chi connectivity index (χ3n) is 8.17. The van der Waals surface area contributed by atoms with Crippen molar-refractivity contribution in [3.63, 3.8) is 0 Å². The van der Waals surface area contributed by atoms with Gasteiger partial charge in [-0.25, -0.2) is 0 Å². The number of carbonyl (C=O) groups is 2. The fourth-order valence-corrected chi connectivity index (χ4v) is 7.26. The van der Waals surface area contributed by atoms with Gasteiger partial charge >= 0.3 is 5.97 Å². The van der Waals surface area contributed by atoms with Crippen LogP contribution in [-0.4, -0.2) is 47.2 Å². The minimum Gasteiger partial charge on any atom is -0.465 e. The molecule has 6 heteroatoms. The van der Waals surface area contributed by atoms with Crippen LogP contribution >= 0.6 is 0 Å². The van der Waals surface area contributed by atoms with Crippen LogP contribution in [0.25, 0.3) is 0 Å². The van der Waals surface area contributed by atoms with Crippen molar-refractivity contribution in [2.45, 2.75) is 63.8 Å². The maximum absolute atomic E-state index is 13.2. The Hall–Kier alpha value is -2.50. The summed E-state index contributed by atoms with van der Waals surface area (Å²) in [6.45, 7) is 2.65. The van der Waals surface area contributed by atoms with Crippen molar-refractivity contribution in [1.29, 1.82) is 0 Å². The van der Waals surface area contributed by atoms with Crippen molar-refractivity contribution >= 4 is 18.5 Å². The first-order valence-electron chi connectivity index (χ1n) is 12.0. The molecule has 4 fully saturated rings. The number of hydrogen-bond donors (Lipinski definition) is 0. The fraction of sp³-hybridized carbons (Fsp3) is 0.615. The molecule has 0 aromatic carbocycles. The van der Waals surface area contributed by atoms with E-state index in [0.717, 1.165) is 35.3 Å². The molecule has 0 radical (unpaired) electrons. The zero-order valence-electron chi connectivity index (χ0n) is 18.9. The van der Waals surface area contributed by atoms with Gasteiger partial charge in [0.1, 0.15) is 18.4 Å². The quantitative estimate of drug-likeness (QED) is 0.351. The Labute approximate surface area is 190 Å². The van der Waals surface area contributed by atoms with Gasteiger partial charge in [0, 0.05) is 36.3 Å². The number of esters is 1. The van der Waals surface area contributed by atoms with Crippen molar-refractivity contribution in [3.05, 3.63) is 41.9 Å². The molecule has 1 aromatic rings. The second kappa shape index (κ2) is 8.45. The van der Waals surface area contributed by atoms with Gasteiger partial charge in [0.15, 0.2) is 0 Å². The Balaban J connectivity index is 1.46. The zero-order valence-corrected chi connectivity index (χ0v) is 18.9. The Morgan fingerprint density at radius 1 is 1.22 bits per heavy atom. The van der Waals surface area contributed by atoms with Crippen LogP contribution < -0.4 is 0 Å². The van der Waals surface area contributed by atoms with Crippen molar-refractivity contribution in [2.75, 3.05) is 13.3 Å². The lowest BCUT2D eigenvalue weighted by molar-refractivity contribution is -0.157. The molecule has 32 heavy (non-hydrogen) atoms. The van der Waals surface area contributed by atoms with E-state index in [-0.39, 0.29) is 18.6 Å². The first kappa shape index (κ1) is 21.4. The van der Waals surface area contributed by atoms with Gasteiger partial charge in [-0.1, -0.05) is 6.07 Å². The Kier molecular flexibility index (Phi) is 5.64. The first-order valence-corrected chi connectivity index (χ1v) is 12.0. The van der Waals surface area contributed by atoms with Crippen LogP contribution in [0.2, 0.25) is 0 Å². The number of rotatable bonds is 8. The van der Waals surface area contributed by atoms with Gasteiger partial charge in [0.05, 0.1) is 6.61 Å². The number of allylic oxidation sites excluding steroid dienone is 2. The average molecular weight is 436 g/mol. The first-order chi connectivity index (χ1) is 15.6. The van der Waals surface area contributed by atoms with Gasteiger partial charge in [0.2, 0.25) is 0 Å². The van der Waals surface area contributed by atoms with Crippen LogP contribution in [0.15, 0.2) is 41.3 Å². The Bertz CT molecular complexity index is 890. The Morgan fingerprint density at radius 2 is 1.94 bits per heavy atom. The summed E-state index contributed by atoms with van der Waals surface area (Å²) in [7, 11) is 0. The number of pyridine rings is 1. The largest absolute Gasteiger partial charge is 0.465 e. The fourth-order valence-electron chi connectivity index (χ4n) is 7.26. The number of aromatic nitrogens is 1. The summed E-state index contributed by atoms with van der Waals surface area (Å²) in [4.78, 5) is 37.0. The van der Waals surface area contributed by atoms with E-state index in [1.807, 2.05) is 24.4 Å². The lowest BCUT2D eigenvalue weighted by atomic mass is 9.52. The molecular weight excluding hydrogens is 402 g/mol. The molecular formula is C26H33N3O3. The molecule has 0 saturated heterocycles. The molecule has 1 aromatic heterocycles. The molecule has 0 amide bonds. The van der Waals surface area contributed by atoms with Crippen molar-refractivity contribution in [1.82, 2.24) is 9.88 Å². The van der Waals surface area contributed by atoms with Gasteiger partial charge in [-0.05, 0) is 87.3 Å². The van der Waals surface area contributed by atoms with Crippen LogP contribution in [0.5, 0.6) is 0 Å². The minimum atomic E-state index is -1.27. The topological polar surface area (TPSA) is 71.9 Å². The second-order valence-corrected chi connectivity index (χ2v) is 10.4. The van der Waals surface area contributed by atoms with Crippen LogP contribution in [0, 0.1) is 23.2 Å². The van der Waals surface area contributed by atoms with Crippen molar-refractivity contribution in [2.24, 2.45) is 28.2 Å². The van der Waals surface area contributed by atoms with Gasteiger partial charge in [-0.2, -0.15) is 0 Å². The summed E-state index contributed by atoms with van der Waals surface area (Å²) in [6, 6.07) is 3.75. The number of nitrogens with zero attached hydrogens (tertiary/aromatic N) is 3. The smallest absolute Gasteiger partial charge is 0.320 e. The molecule has 4 aliphatic carbocycles. The highest BCUT2D eigenvalue weighted by Gasteiger charge is 2.55. The van der Waals surface area contributed by atoms with Crippen LogP contribution in [0.1, 0.15) is 57.4 Å². The molecule has 4 bridgehead atoms. The van der Waals surface area contributed by atoms with Crippen LogP contribution in [0.3, 0.4) is 0 Å². The molecule has 0 spiro atoms. The molecule has 0 N–H and O–H groups in total. The second-order valence-electron chi connectivity index (χ2n) is 10.4. The van der Waals surface area contributed by atoms with Crippen molar-refractivity contribution in [3.8, 4) is 0 Å². The number of carbonyl (C=O) groups excluding carboxylic acids is 2. The standard InChI is InChI=1S/C26H33N3O3/c1-2-32-24(31)25(17-30,11-19-4-3-6-27-16-19)15-23-5-7-28-18-29(23)26-12-20-8-21(13-26)10-22(9-20)14-26/h3-7,16-17,20-22H,2,8-15,18H2,1H3. The molecule has 6 rings (SSSR count). The lowest BCUT2D eigenvalue weighted by Crippen LogP contribution is -2.60. The maximum atomic E-state index is 13.2. The minimum absolute atomic E-state index is 0.121. The molecule has 1 aliphatic heterocycles. The van der Waals surface area contributed by atoms with E-state index in [2.05, 4.69) is 14.9 Å². The normalized spacial score (nSPS) is 32.3. The third-order valence-corrected chi connectivity index (χ3v) is 8.17. The summed E-state index contributed by atoms with van der Waals surface area (Å²) in [6.07, 6.45) is 16.4. The van der Waals surface area contributed by atoms with E-state index in [1.54, 1.807) is 19.3 Å². The number of ether oxygens (including phenoxy) is 1. The molecule has 5 aliphatic rings. The van der Waals surface area contributed by atoms with Crippen molar-refractivity contribution < 1.29 is 14.3 Å². The monoisotopic (exact) mass is 435 g/mol. The Morgan fingerprint density at radius 3 is 2.53 bits per heavy atom. The molecule has 1 unspecified atom stereocenters. The summed E-state index contributed by atoms with van der Waals surface area (Å²) in [5.41, 5.74) is 0.761. The SMILES string of the molecule is CCOC(=O)C(C=O)(CC1=CC=NCN1C12CC3CC(CC(C3)C1)C2)Cc1cccnc1. The predicted molar refractivity (Wildman–Crippen MR) is 122 cm³/mol. The molecule has 170 valence electrons. The highest BCUT2D eigenvalue weighted by atomic mass is 16.5. The van der Waals surface area contributed by atoms with E-state index in [4.69, 9.17) is 4.74 Å². The highest BCUT2D eigenvalue weighted by Crippen LogP contribution is 2.59. The number of hydrogen-bond acceptors (Lipinski definition) is 6. The molecule has 6 nitrogen and oxygen atoms in total. The zero-order chi connectivity index (χ0) is 22.2. The number of aldehydes is 1. The van der Waals surface area contributed by atoms with Gasteiger partial charge < -0.3 is 14.4 Å². The lowest BCUT2D eigenvalue weighted by Gasteiger charge is -2.61. The van der Waals surface area contributed by atoms with E-state index >= 15 is 0 Å². The molecule has 2 heterocycles. The van der Waals surface area contributed by atoms with E-state index in [1.165, 1.54) is 38.5 Å². The van der Waals surface area contributed by atoms with E-state index < -0.39 is 11.4 Å². The molecule has 4 saturated carbocycles. The third kappa shape index (κ3) is 3.78. The van der Waals surface area contributed by atoms with Crippen LogP contribution in [-0.2, 0) is 20.7 Å². The average Bonchev–Trinajstić information content (AvgIpc) is 2.79. The van der Waals surface area contributed by atoms with Crippen LogP contribution in [0.4, 0.5) is 0 Å². The van der Waals surface area contributed by atoms with Gasteiger partial charge in [0.25, 0.3) is 0 Å². The summed E-state index contributed by atoms with van der Waals surface area (Å²) in [5.74, 6) is 1.98.